The van der Waals surface area contributed by atoms with E-state index in [4.69, 9.17) is 0 Å². The highest BCUT2D eigenvalue weighted by Crippen LogP contribution is 2.25. The molecule has 0 spiro atoms. The second-order valence-electron chi connectivity index (χ2n) is 9.75. The summed E-state index contributed by atoms with van der Waals surface area (Å²) in [6.07, 6.45) is 3.26. The van der Waals surface area contributed by atoms with E-state index in [9.17, 15) is 19.9 Å². The molecule has 0 radical (unpaired) electrons. The zero-order valence-corrected chi connectivity index (χ0v) is 20.4. The van der Waals surface area contributed by atoms with Gasteiger partial charge in [0, 0.05) is 12.0 Å². The number of carbonyl (C=O) groups excluding carboxylic acids is 2. The molecule has 2 amide bonds. The molecule has 0 bridgehead atoms. The van der Waals surface area contributed by atoms with Crippen LogP contribution in [-0.4, -0.2) is 43.7 Å². The smallest absolute Gasteiger partial charge is 0.271 e. The topological polar surface area (TPSA) is 124 Å². The first-order chi connectivity index (χ1) is 16.7. The zero-order valence-electron chi connectivity index (χ0n) is 20.4. The maximum Gasteiger partial charge on any atom is 0.271 e. The van der Waals surface area contributed by atoms with E-state index in [0.717, 1.165) is 5.56 Å². The van der Waals surface area contributed by atoms with E-state index in [0.29, 0.717) is 36.7 Å². The molecule has 3 aromatic rings. The number of rotatable bonds is 11. The van der Waals surface area contributed by atoms with Crippen LogP contribution < -0.4 is 10.8 Å². The normalized spacial score (nSPS) is 14.2. The Morgan fingerprint density at radius 2 is 1.69 bits per heavy atom. The average molecular weight is 479 g/mol. The highest BCUT2D eigenvalue weighted by atomic mass is 16.5. The van der Waals surface area contributed by atoms with E-state index < -0.39 is 17.4 Å². The quantitative estimate of drug-likeness (QED) is 0.246. The molecule has 2 aromatic carbocycles. The van der Waals surface area contributed by atoms with E-state index in [1.54, 1.807) is 19.3 Å². The molecular weight excluding hydrogens is 444 g/mol. The van der Waals surface area contributed by atoms with Gasteiger partial charge in [0.25, 0.3) is 5.91 Å². The number of para-hydroxylation sites is 2. The van der Waals surface area contributed by atoms with Crippen molar-refractivity contribution in [3.63, 3.8) is 0 Å². The van der Waals surface area contributed by atoms with Gasteiger partial charge in [0.15, 0.2) is 0 Å². The van der Waals surface area contributed by atoms with Crippen molar-refractivity contribution in [3.05, 3.63) is 72.1 Å². The Labute approximate surface area is 205 Å². The van der Waals surface area contributed by atoms with Gasteiger partial charge >= 0.3 is 0 Å². The Balaban J connectivity index is 1.80. The fourth-order valence-electron chi connectivity index (χ4n) is 4.16. The average Bonchev–Trinajstić information content (AvgIpc) is 2.85. The van der Waals surface area contributed by atoms with Crippen LogP contribution in [0.5, 0.6) is 0 Å². The number of aromatic nitrogens is 2. The first kappa shape index (κ1) is 26.2. The van der Waals surface area contributed by atoms with E-state index >= 15 is 0 Å². The van der Waals surface area contributed by atoms with Crippen LogP contribution in [0.15, 0.2) is 60.8 Å². The Kier molecular flexibility index (Phi) is 8.89. The number of hydroxylamine groups is 1. The molecule has 186 valence electrons. The van der Waals surface area contributed by atoms with Gasteiger partial charge < -0.3 is 10.4 Å². The number of hydrogen-bond acceptors (Lipinski definition) is 6. The Morgan fingerprint density at radius 1 is 1.03 bits per heavy atom. The summed E-state index contributed by atoms with van der Waals surface area (Å²) in [4.78, 5) is 34.3. The Bertz CT molecular complexity index is 1130. The number of fused-ring (bicyclic) bond motifs is 1. The molecule has 8 heteroatoms. The molecule has 0 aliphatic rings. The van der Waals surface area contributed by atoms with Crippen molar-refractivity contribution in [1.29, 1.82) is 0 Å². The van der Waals surface area contributed by atoms with Gasteiger partial charge in [0.05, 0.1) is 22.8 Å². The fourth-order valence-corrected chi connectivity index (χ4v) is 4.16. The minimum Gasteiger partial charge on any atom is -0.390 e. The van der Waals surface area contributed by atoms with Gasteiger partial charge in [-0.25, -0.2) is 10.5 Å². The van der Waals surface area contributed by atoms with Crippen molar-refractivity contribution in [2.45, 2.75) is 58.1 Å². The molecule has 0 saturated carbocycles. The molecule has 3 rings (SSSR count). The number of carbonyl (C=O) groups is 2. The molecule has 1 unspecified atom stereocenters. The molecule has 0 aliphatic heterocycles. The maximum atomic E-state index is 13.2. The predicted octanol–water partition coefficient (Wildman–Crippen LogP) is 3.67. The van der Waals surface area contributed by atoms with Crippen molar-refractivity contribution < 1.29 is 19.9 Å². The summed E-state index contributed by atoms with van der Waals surface area (Å²) in [6, 6.07) is 16.9. The minimum absolute atomic E-state index is 0.114. The number of aliphatic hydroxyl groups is 1. The molecule has 3 atom stereocenters. The lowest BCUT2D eigenvalue weighted by molar-refractivity contribution is -0.134. The van der Waals surface area contributed by atoms with Crippen LogP contribution in [0.4, 0.5) is 0 Å². The maximum absolute atomic E-state index is 13.2. The number of amides is 2. The summed E-state index contributed by atoms with van der Waals surface area (Å²) >= 11 is 0. The third kappa shape index (κ3) is 7.83. The summed E-state index contributed by atoms with van der Waals surface area (Å²) in [7, 11) is 0. The zero-order chi connectivity index (χ0) is 25.4. The summed E-state index contributed by atoms with van der Waals surface area (Å²) in [6.45, 7) is 5.35. The van der Waals surface area contributed by atoms with Crippen LogP contribution >= 0.6 is 0 Å². The summed E-state index contributed by atoms with van der Waals surface area (Å²) < 4.78 is 0. The second-order valence-corrected chi connectivity index (χ2v) is 9.75. The second kappa shape index (κ2) is 11.9. The van der Waals surface area contributed by atoms with Crippen LogP contribution in [0.25, 0.3) is 11.0 Å². The van der Waals surface area contributed by atoms with Crippen LogP contribution in [-0.2, 0) is 11.2 Å². The standard InChI is InChI=1S/C27H34N4O4/c1-18(15-20(25(32)31-35)13-14-27(2,3)34)23(16-19-9-5-4-6-10-19)30-26(33)24-17-28-21-11-7-8-12-22(21)29-24/h4-12,17-18,20,23,34-35H,13-16H2,1-3H3,(H,30,33)(H,31,32)/t18-,20?,23-/m0/s1. The third-order valence-electron chi connectivity index (χ3n) is 6.22. The van der Waals surface area contributed by atoms with Crippen molar-refractivity contribution in [2.75, 3.05) is 0 Å². The third-order valence-corrected chi connectivity index (χ3v) is 6.22. The molecule has 1 heterocycles. The fraction of sp³-hybridized carbons (Fsp3) is 0.407. The predicted molar refractivity (Wildman–Crippen MR) is 134 cm³/mol. The summed E-state index contributed by atoms with van der Waals surface area (Å²) in [5.41, 5.74) is 3.45. The molecule has 1 aromatic heterocycles. The van der Waals surface area contributed by atoms with Gasteiger partial charge in [-0.2, -0.15) is 0 Å². The Hall–Kier alpha value is -3.36. The first-order valence-electron chi connectivity index (χ1n) is 11.9. The number of hydrogen-bond donors (Lipinski definition) is 4. The van der Waals surface area contributed by atoms with Crippen molar-refractivity contribution in [1.82, 2.24) is 20.8 Å². The first-order valence-corrected chi connectivity index (χ1v) is 11.9. The van der Waals surface area contributed by atoms with E-state index in [1.807, 2.05) is 61.5 Å². The van der Waals surface area contributed by atoms with Crippen LogP contribution in [0.1, 0.15) is 56.1 Å². The van der Waals surface area contributed by atoms with E-state index in [2.05, 4.69) is 15.3 Å². The molecular formula is C27H34N4O4. The lowest BCUT2D eigenvalue weighted by Crippen LogP contribution is -2.43. The lowest BCUT2D eigenvalue weighted by atomic mass is 9.83. The lowest BCUT2D eigenvalue weighted by Gasteiger charge is -2.29. The number of benzene rings is 2. The SMILES string of the molecule is C[C@@H](CC(CCC(C)(C)O)C(=O)NO)[C@H](Cc1ccccc1)NC(=O)c1cnc2ccccc2n1. The molecule has 0 saturated heterocycles. The van der Waals surface area contributed by atoms with Crippen molar-refractivity contribution >= 4 is 22.8 Å². The van der Waals surface area contributed by atoms with Gasteiger partial charge in [0.1, 0.15) is 5.69 Å². The minimum atomic E-state index is -0.927. The molecule has 4 N–H and O–H groups in total. The molecule has 35 heavy (non-hydrogen) atoms. The summed E-state index contributed by atoms with van der Waals surface area (Å²) in [5.74, 6) is -1.46. The van der Waals surface area contributed by atoms with Gasteiger partial charge in [-0.15, -0.1) is 0 Å². The van der Waals surface area contributed by atoms with Gasteiger partial charge in [-0.1, -0.05) is 49.4 Å². The number of nitrogens with one attached hydrogen (secondary N) is 2. The van der Waals surface area contributed by atoms with Crippen LogP contribution in [0, 0.1) is 11.8 Å². The highest BCUT2D eigenvalue weighted by Gasteiger charge is 2.29. The summed E-state index contributed by atoms with van der Waals surface area (Å²) in [5, 5.41) is 22.5. The number of nitrogens with zero attached hydrogens (tertiary/aromatic N) is 2. The van der Waals surface area contributed by atoms with Crippen molar-refractivity contribution in [3.8, 4) is 0 Å². The monoisotopic (exact) mass is 478 g/mol. The van der Waals surface area contributed by atoms with Gasteiger partial charge in [0.2, 0.25) is 5.91 Å². The van der Waals surface area contributed by atoms with Crippen molar-refractivity contribution in [2.24, 2.45) is 11.8 Å². The van der Waals surface area contributed by atoms with Gasteiger partial charge in [-0.3, -0.25) is 19.8 Å². The largest absolute Gasteiger partial charge is 0.390 e. The molecule has 8 nitrogen and oxygen atoms in total. The van der Waals surface area contributed by atoms with E-state index in [-0.39, 0.29) is 23.6 Å². The van der Waals surface area contributed by atoms with Gasteiger partial charge in [-0.05, 0) is 63.1 Å². The Morgan fingerprint density at radius 3 is 2.34 bits per heavy atom. The van der Waals surface area contributed by atoms with Crippen LogP contribution in [0.2, 0.25) is 0 Å². The molecule has 0 fully saturated rings. The van der Waals surface area contributed by atoms with Crippen LogP contribution in [0.3, 0.4) is 0 Å². The molecule has 0 aliphatic carbocycles. The highest BCUT2D eigenvalue weighted by molar-refractivity contribution is 5.94. The van der Waals surface area contributed by atoms with E-state index in [1.165, 1.54) is 6.20 Å².